The molecule has 1 fully saturated rings. The van der Waals surface area contributed by atoms with E-state index in [-0.39, 0.29) is 24.7 Å². The van der Waals surface area contributed by atoms with Crippen molar-refractivity contribution in [3.05, 3.63) is 42.1 Å². The fourth-order valence-electron chi connectivity index (χ4n) is 3.56. The van der Waals surface area contributed by atoms with Gasteiger partial charge < -0.3 is 15.7 Å². The number of benzene rings is 1. The van der Waals surface area contributed by atoms with Crippen molar-refractivity contribution in [2.45, 2.75) is 50.6 Å². The minimum absolute atomic E-state index is 0.0229. The number of carbonyl (C=O) groups excluding carboxylic acids is 2. The lowest BCUT2D eigenvalue weighted by Crippen LogP contribution is -2.43. The number of pyridine rings is 1. The Hall–Kier alpha value is -2.96. The molecule has 7 nitrogen and oxygen atoms in total. The predicted octanol–water partition coefficient (Wildman–Crippen LogP) is 2.14. The van der Waals surface area contributed by atoms with Crippen molar-refractivity contribution >= 4 is 28.7 Å². The highest BCUT2D eigenvalue weighted by Gasteiger charge is 2.37. The van der Waals surface area contributed by atoms with Crippen LogP contribution in [0.1, 0.15) is 44.1 Å². The Morgan fingerprint density at radius 2 is 1.96 bits per heavy atom. The van der Waals surface area contributed by atoms with Crippen molar-refractivity contribution in [2.75, 3.05) is 0 Å². The molecule has 0 radical (unpaired) electrons. The number of para-hydroxylation sites is 1. The van der Waals surface area contributed by atoms with E-state index in [9.17, 15) is 14.4 Å². The molecule has 1 atom stereocenters. The normalized spacial score (nSPS) is 19.0. The number of fused-ring (bicyclic) bond motifs is 1. The van der Waals surface area contributed by atoms with Gasteiger partial charge in [0, 0.05) is 42.9 Å². The maximum absolute atomic E-state index is 12.3. The second-order valence-electron chi connectivity index (χ2n) is 6.99. The summed E-state index contributed by atoms with van der Waals surface area (Å²) in [7, 11) is 0. The standard InChI is InChI=1S/C20H23N3O4/c24-17(5-9-20(11-7-19(26)27)10-6-18(25)23-20)22-13-14-8-12-21-16-4-2-1-3-15(14)16/h1-4,8,12H,5-7,9-11,13H2,(H,22,24)(H,23,25)(H,26,27)/t20-/m0/s1. The van der Waals surface area contributed by atoms with E-state index in [0.29, 0.717) is 32.2 Å². The van der Waals surface area contributed by atoms with Crippen LogP contribution < -0.4 is 10.6 Å². The Bertz CT molecular complexity index is 862. The topological polar surface area (TPSA) is 108 Å². The van der Waals surface area contributed by atoms with E-state index in [0.717, 1.165) is 16.5 Å². The molecule has 1 aromatic carbocycles. The highest BCUT2D eigenvalue weighted by molar-refractivity contribution is 5.83. The van der Waals surface area contributed by atoms with Gasteiger partial charge in [0.25, 0.3) is 0 Å². The number of nitrogens with one attached hydrogen (secondary N) is 2. The molecule has 3 N–H and O–H groups in total. The van der Waals surface area contributed by atoms with E-state index in [2.05, 4.69) is 15.6 Å². The Kier molecular flexibility index (Phi) is 5.69. The van der Waals surface area contributed by atoms with Crippen LogP contribution in [-0.4, -0.2) is 33.4 Å². The fraction of sp³-hybridized carbons (Fsp3) is 0.400. The van der Waals surface area contributed by atoms with Crippen LogP contribution in [0.25, 0.3) is 10.9 Å². The smallest absolute Gasteiger partial charge is 0.303 e. The van der Waals surface area contributed by atoms with Gasteiger partial charge in [-0.2, -0.15) is 0 Å². The minimum atomic E-state index is -0.899. The highest BCUT2D eigenvalue weighted by atomic mass is 16.4. The van der Waals surface area contributed by atoms with E-state index >= 15 is 0 Å². The van der Waals surface area contributed by atoms with E-state index in [4.69, 9.17) is 5.11 Å². The third-order valence-electron chi connectivity index (χ3n) is 5.10. The highest BCUT2D eigenvalue weighted by Crippen LogP contribution is 2.30. The summed E-state index contributed by atoms with van der Waals surface area (Å²) in [6, 6.07) is 9.64. The molecule has 1 aliphatic heterocycles. The van der Waals surface area contributed by atoms with Crippen LogP contribution in [0.5, 0.6) is 0 Å². The van der Waals surface area contributed by atoms with Gasteiger partial charge in [-0.15, -0.1) is 0 Å². The second-order valence-corrected chi connectivity index (χ2v) is 6.99. The number of aromatic nitrogens is 1. The van der Waals surface area contributed by atoms with Gasteiger partial charge in [0.1, 0.15) is 0 Å². The molecule has 3 rings (SSSR count). The molecule has 142 valence electrons. The van der Waals surface area contributed by atoms with Crippen LogP contribution in [0, 0.1) is 0 Å². The average molecular weight is 369 g/mol. The molecule has 27 heavy (non-hydrogen) atoms. The van der Waals surface area contributed by atoms with Crippen molar-refractivity contribution < 1.29 is 19.5 Å². The molecule has 7 heteroatoms. The lowest BCUT2D eigenvalue weighted by Gasteiger charge is -2.28. The Balaban J connectivity index is 1.56. The summed E-state index contributed by atoms with van der Waals surface area (Å²) >= 11 is 0. The van der Waals surface area contributed by atoms with Crippen LogP contribution in [-0.2, 0) is 20.9 Å². The van der Waals surface area contributed by atoms with Crippen LogP contribution in [0.2, 0.25) is 0 Å². The van der Waals surface area contributed by atoms with Crippen LogP contribution in [0.15, 0.2) is 36.5 Å². The van der Waals surface area contributed by atoms with E-state index in [1.54, 1.807) is 6.20 Å². The molecule has 0 unspecified atom stereocenters. The number of nitrogens with zero attached hydrogens (tertiary/aromatic N) is 1. The fourth-order valence-corrected chi connectivity index (χ4v) is 3.56. The zero-order valence-corrected chi connectivity index (χ0v) is 15.0. The molecule has 0 saturated carbocycles. The summed E-state index contributed by atoms with van der Waals surface area (Å²) < 4.78 is 0. The summed E-state index contributed by atoms with van der Waals surface area (Å²) in [5.74, 6) is -1.10. The number of rotatable bonds is 8. The van der Waals surface area contributed by atoms with Crippen molar-refractivity contribution in [2.24, 2.45) is 0 Å². The number of carboxylic acid groups (broad SMARTS) is 1. The first-order valence-corrected chi connectivity index (χ1v) is 9.10. The Morgan fingerprint density at radius 3 is 2.70 bits per heavy atom. The average Bonchev–Trinajstić information content (AvgIpc) is 3.04. The number of aliphatic carboxylic acids is 1. The molecular formula is C20H23N3O4. The Labute approximate surface area is 157 Å². The van der Waals surface area contributed by atoms with Gasteiger partial charge in [0.05, 0.1) is 5.52 Å². The zero-order valence-electron chi connectivity index (χ0n) is 15.0. The molecule has 1 aromatic heterocycles. The van der Waals surface area contributed by atoms with Gasteiger partial charge in [0.15, 0.2) is 0 Å². The molecular weight excluding hydrogens is 346 g/mol. The Morgan fingerprint density at radius 1 is 1.19 bits per heavy atom. The summed E-state index contributed by atoms with van der Waals surface area (Å²) in [6.45, 7) is 0.399. The SMILES string of the molecule is O=C(O)CC[C@]1(CCC(=O)NCc2ccnc3ccccc23)CCC(=O)N1. The summed E-state index contributed by atoms with van der Waals surface area (Å²) in [5, 5.41) is 15.7. The summed E-state index contributed by atoms with van der Waals surface area (Å²) in [4.78, 5) is 39.1. The largest absolute Gasteiger partial charge is 0.481 e. The van der Waals surface area contributed by atoms with Gasteiger partial charge in [0.2, 0.25) is 11.8 Å². The monoisotopic (exact) mass is 369 g/mol. The van der Waals surface area contributed by atoms with Crippen molar-refractivity contribution in [1.29, 1.82) is 0 Å². The molecule has 0 aliphatic carbocycles. The van der Waals surface area contributed by atoms with E-state index in [1.807, 2.05) is 30.3 Å². The number of amides is 2. The molecule has 0 bridgehead atoms. The zero-order chi connectivity index (χ0) is 19.3. The summed E-state index contributed by atoms with van der Waals surface area (Å²) in [5.41, 5.74) is 1.28. The lowest BCUT2D eigenvalue weighted by molar-refractivity contribution is -0.137. The van der Waals surface area contributed by atoms with E-state index in [1.165, 1.54) is 0 Å². The molecule has 2 aromatic rings. The van der Waals surface area contributed by atoms with Crippen molar-refractivity contribution in [3.63, 3.8) is 0 Å². The maximum Gasteiger partial charge on any atom is 0.303 e. The number of carboxylic acids is 1. The predicted molar refractivity (Wildman–Crippen MR) is 99.8 cm³/mol. The lowest BCUT2D eigenvalue weighted by atomic mass is 9.86. The molecule has 2 amide bonds. The van der Waals surface area contributed by atoms with Crippen LogP contribution in [0.3, 0.4) is 0 Å². The molecule has 1 aliphatic rings. The van der Waals surface area contributed by atoms with Crippen LogP contribution >= 0.6 is 0 Å². The molecule has 0 spiro atoms. The van der Waals surface area contributed by atoms with Gasteiger partial charge >= 0.3 is 5.97 Å². The molecule has 1 saturated heterocycles. The first-order chi connectivity index (χ1) is 13.0. The first kappa shape index (κ1) is 18.8. The molecule has 2 heterocycles. The van der Waals surface area contributed by atoms with Crippen molar-refractivity contribution in [1.82, 2.24) is 15.6 Å². The maximum atomic E-state index is 12.3. The van der Waals surface area contributed by atoms with Crippen LogP contribution in [0.4, 0.5) is 0 Å². The number of hydrogen-bond acceptors (Lipinski definition) is 4. The van der Waals surface area contributed by atoms with Gasteiger partial charge in [-0.1, -0.05) is 18.2 Å². The quantitative estimate of drug-likeness (QED) is 0.661. The third kappa shape index (κ3) is 4.81. The number of hydrogen-bond donors (Lipinski definition) is 3. The third-order valence-corrected chi connectivity index (χ3v) is 5.10. The minimum Gasteiger partial charge on any atom is -0.481 e. The second kappa shape index (κ2) is 8.16. The van der Waals surface area contributed by atoms with Gasteiger partial charge in [-0.3, -0.25) is 19.4 Å². The van der Waals surface area contributed by atoms with Gasteiger partial charge in [-0.05, 0) is 37.0 Å². The van der Waals surface area contributed by atoms with E-state index < -0.39 is 11.5 Å². The van der Waals surface area contributed by atoms with Crippen molar-refractivity contribution in [3.8, 4) is 0 Å². The summed E-state index contributed by atoms with van der Waals surface area (Å²) in [6.07, 6.45) is 3.67. The number of carbonyl (C=O) groups is 3. The first-order valence-electron chi connectivity index (χ1n) is 9.10. The van der Waals surface area contributed by atoms with Gasteiger partial charge in [-0.25, -0.2) is 0 Å².